The lowest BCUT2D eigenvalue weighted by Crippen LogP contribution is -2.41. The molecule has 10 heteroatoms. The molecule has 1 aliphatic heterocycles. The zero-order chi connectivity index (χ0) is 28.7. The minimum atomic E-state index is -0.971. The number of fused-ring (bicyclic) bond motifs is 1. The molecule has 10 nitrogen and oxygen atoms in total. The fraction of sp³-hybridized carbons (Fsp3) is 0.250. The van der Waals surface area contributed by atoms with Crippen LogP contribution in [0.25, 0.3) is 11.0 Å². The number of H-pyrrole nitrogens is 1. The molecule has 4 atom stereocenters. The summed E-state index contributed by atoms with van der Waals surface area (Å²) in [6.07, 6.45) is -0.279. The van der Waals surface area contributed by atoms with Crippen LogP contribution in [0.4, 0.5) is 0 Å². The molecule has 3 aromatic carbocycles. The average molecular weight is 567 g/mol. The van der Waals surface area contributed by atoms with Gasteiger partial charge >= 0.3 is 5.69 Å². The number of hydrogen-bond donors (Lipinski definition) is 1. The molecular formula is C32H30N4O6. The van der Waals surface area contributed by atoms with E-state index in [4.69, 9.17) is 18.9 Å². The van der Waals surface area contributed by atoms with E-state index in [9.17, 15) is 9.59 Å². The van der Waals surface area contributed by atoms with Crippen LogP contribution in [-0.4, -0.2) is 44.4 Å². The molecule has 5 aromatic rings. The van der Waals surface area contributed by atoms with E-state index in [-0.39, 0.29) is 24.2 Å². The smallest absolute Gasteiger partial charge is 0.332 e. The van der Waals surface area contributed by atoms with E-state index >= 15 is 0 Å². The van der Waals surface area contributed by atoms with E-state index in [0.29, 0.717) is 13.2 Å². The topological polar surface area (TPSA) is 118 Å². The molecule has 1 fully saturated rings. The third kappa shape index (κ3) is 6.22. The first-order valence-corrected chi connectivity index (χ1v) is 13.7. The minimum absolute atomic E-state index is 0.143. The van der Waals surface area contributed by atoms with Crippen LogP contribution >= 0.6 is 0 Å². The molecule has 0 bridgehead atoms. The number of nitrogens with one attached hydrogen (secondary N) is 1. The first kappa shape index (κ1) is 27.7. The second-order valence-corrected chi connectivity index (χ2v) is 9.98. The van der Waals surface area contributed by atoms with Crippen LogP contribution in [0.1, 0.15) is 22.9 Å². The third-order valence-corrected chi connectivity index (χ3v) is 7.11. The molecule has 1 saturated heterocycles. The maximum absolute atomic E-state index is 13.3. The SMILES string of the molecule is O=c1[nH]c(=O)n([C@H]2O[C@H](COCc3ccccc3)[C@@H](OCc3ccccc3)[C@@H]2OCc2ccccc2)c2ncncc12. The van der Waals surface area contributed by atoms with Gasteiger partial charge in [-0.2, -0.15) is 0 Å². The van der Waals surface area contributed by atoms with E-state index in [0.717, 1.165) is 16.7 Å². The lowest BCUT2D eigenvalue weighted by atomic mass is 10.1. The molecule has 42 heavy (non-hydrogen) atoms. The Bertz CT molecular complexity index is 1710. The molecule has 0 amide bonds. The van der Waals surface area contributed by atoms with Crippen LogP contribution in [-0.2, 0) is 38.8 Å². The summed E-state index contributed by atoms with van der Waals surface area (Å²) in [7, 11) is 0. The van der Waals surface area contributed by atoms with Gasteiger partial charge in [-0.25, -0.2) is 19.3 Å². The molecule has 1 aliphatic rings. The number of rotatable bonds is 11. The Balaban J connectivity index is 1.35. The van der Waals surface area contributed by atoms with Gasteiger partial charge in [0.1, 0.15) is 30.0 Å². The number of nitrogens with zero attached hydrogens (tertiary/aromatic N) is 3. The highest BCUT2D eigenvalue weighted by molar-refractivity contribution is 5.72. The molecule has 0 radical (unpaired) electrons. The van der Waals surface area contributed by atoms with E-state index in [2.05, 4.69) is 15.0 Å². The van der Waals surface area contributed by atoms with Crippen molar-refractivity contribution in [1.82, 2.24) is 19.5 Å². The summed E-state index contributed by atoms with van der Waals surface area (Å²) >= 11 is 0. The fourth-order valence-electron chi connectivity index (χ4n) is 5.06. The van der Waals surface area contributed by atoms with Crippen molar-refractivity contribution in [3.05, 3.63) is 141 Å². The Kier molecular flexibility index (Phi) is 8.57. The number of benzene rings is 3. The van der Waals surface area contributed by atoms with E-state index < -0.39 is 35.8 Å². The van der Waals surface area contributed by atoms with Gasteiger partial charge in [0.2, 0.25) is 0 Å². The monoisotopic (exact) mass is 566 g/mol. The largest absolute Gasteiger partial charge is 0.374 e. The predicted octanol–water partition coefficient (Wildman–Crippen LogP) is 3.76. The number of hydrogen-bond acceptors (Lipinski definition) is 8. The van der Waals surface area contributed by atoms with Crippen molar-refractivity contribution < 1.29 is 18.9 Å². The molecule has 0 unspecified atom stereocenters. The summed E-state index contributed by atoms with van der Waals surface area (Å²) in [6.45, 7) is 1.10. The molecule has 3 heterocycles. The maximum atomic E-state index is 13.3. The summed E-state index contributed by atoms with van der Waals surface area (Å²) in [5.41, 5.74) is 1.84. The zero-order valence-corrected chi connectivity index (χ0v) is 22.7. The van der Waals surface area contributed by atoms with Crippen molar-refractivity contribution >= 4 is 11.0 Å². The summed E-state index contributed by atoms with van der Waals surface area (Å²) in [5, 5.41) is 0.160. The standard InChI is InChI=1S/C32H30N4O6/c37-30-25-16-33-21-34-29(25)36(32(38)35-30)31-28(41-19-24-14-8-3-9-15-24)27(40-18-23-12-6-2-7-13-23)26(42-31)20-39-17-22-10-4-1-5-11-22/h1-16,21,26-28,31H,17-20H2,(H,35,37,38)/t26-,27-,28+,31+/m1/s1. The van der Waals surface area contributed by atoms with Gasteiger partial charge in [-0.1, -0.05) is 91.0 Å². The van der Waals surface area contributed by atoms with Crippen LogP contribution in [0.3, 0.4) is 0 Å². The van der Waals surface area contributed by atoms with Gasteiger partial charge in [-0.3, -0.25) is 9.78 Å². The van der Waals surface area contributed by atoms with Crippen molar-refractivity contribution in [2.75, 3.05) is 6.61 Å². The summed E-state index contributed by atoms with van der Waals surface area (Å²) in [4.78, 5) is 36.5. The van der Waals surface area contributed by atoms with Crippen molar-refractivity contribution in [2.45, 2.75) is 44.4 Å². The fourth-order valence-corrected chi connectivity index (χ4v) is 5.06. The summed E-state index contributed by atoms with van der Waals surface area (Å²) in [5.74, 6) is 0. The Morgan fingerprint density at radius 1 is 0.762 bits per heavy atom. The van der Waals surface area contributed by atoms with E-state index in [1.165, 1.54) is 17.1 Å². The first-order chi connectivity index (χ1) is 20.7. The molecule has 1 N–H and O–H groups in total. The van der Waals surface area contributed by atoms with Gasteiger partial charge < -0.3 is 18.9 Å². The predicted molar refractivity (Wildman–Crippen MR) is 154 cm³/mol. The maximum Gasteiger partial charge on any atom is 0.332 e. The Labute approximate surface area is 241 Å². The van der Waals surface area contributed by atoms with Crippen LogP contribution in [0.15, 0.2) is 113 Å². The summed E-state index contributed by atoms with van der Waals surface area (Å²) < 4.78 is 26.9. The lowest BCUT2D eigenvalue weighted by Gasteiger charge is -2.26. The van der Waals surface area contributed by atoms with Crippen molar-refractivity contribution in [1.29, 1.82) is 0 Å². The van der Waals surface area contributed by atoms with Crippen LogP contribution in [0.2, 0.25) is 0 Å². The van der Waals surface area contributed by atoms with Crippen molar-refractivity contribution in [3.8, 4) is 0 Å². The van der Waals surface area contributed by atoms with E-state index in [1.54, 1.807) is 0 Å². The lowest BCUT2D eigenvalue weighted by molar-refractivity contribution is -0.0917. The summed E-state index contributed by atoms with van der Waals surface area (Å²) in [6, 6.07) is 29.3. The Morgan fingerprint density at radius 3 is 1.95 bits per heavy atom. The molecule has 0 aliphatic carbocycles. The molecule has 0 spiro atoms. The zero-order valence-electron chi connectivity index (χ0n) is 22.7. The van der Waals surface area contributed by atoms with Gasteiger partial charge in [0.05, 0.1) is 26.4 Å². The van der Waals surface area contributed by atoms with Gasteiger partial charge in [-0.05, 0) is 16.7 Å². The van der Waals surface area contributed by atoms with Gasteiger partial charge in [0, 0.05) is 6.20 Å². The highest BCUT2D eigenvalue weighted by Gasteiger charge is 2.48. The third-order valence-electron chi connectivity index (χ3n) is 7.11. The van der Waals surface area contributed by atoms with E-state index in [1.807, 2.05) is 91.0 Å². The molecular weight excluding hydrogens is 536 g/mol. The molecule has 214 valence electrons. The highest BCUT2D eigenvalue weighted by atomic mass is 16.6. The highest BCUT2D eigenvalue weighted by Crippen LogP contribution is 2.35. The van der Waals surface area contributed by atoms with Crippen LogP contribution in [0.5, 0.6) is 0 Å². The van der Waals surface area contributed by atoms with Crippen LogP contribution < -0.4 is 11.2 Å². The molecule has 2 aromatic heterocycles. The molecule has 6 rings (SSSR count). The Morgan fingerprint density at radius 2 is 1.33 bits per heavy atom. The van der Waals surface area contributed by atoms with Gasteiger partial charge in [-0.15, -0.1) is 0 Å². The Hall–Kier alpha value is -4.48. The minimum Gasteiger partial charge on any atom is -0.374 e. The first-order valence-electron chi connectivity index (χ1n) is 13.7. The quantitative estimate of drug-likeness (QED) is 0.257. The number of aromatic nitrogens is 4. The second-order valence-electron chi connectivity index (χ2n) is 9.98. The van der Waals surface area contributed by atoms with Gasteiger partial charge in [0.15, 0.2) is 11.9 Å². The number of ether oxygens (including phenoxy) is 4. The van der Waals surface area contributed by atoms with Crippen molar-refractivity contribution in [3.63, 3.8) is 0 Å². The van der Waals surface area contributed by atoms with Gasteiger partial charge in [0.25, 0.3) is 5.56 Å². The number of aromatic amines is 1. The second kappa shape index (κ2) is 13.0. The molecule has 0 saturated carbocycles. The van der Waals surface area contributed by atoms with Crippen molar-refractivity contribution in [2.24, 2.45) is 0 Å². The average Bonchev–Trinajstić information content (AvgIpc) is 3.37. The normalized spacial score (nSPS) is 20.2. The van der Waals surface area contributed by atoms with Crippen LogP contribution in [0, 0.1) is 0 Å².